The molecule has 9 nitrogen and oxygen atoms in total. The second kappa shape index (κ2) is 12.5. The van der Waals surface area contributed by atoms with Crippen molar-refractivity contribution in [2.24, 2.45) is 11.3 Å². The Morgan fingerprint density at radius 2 is 1.93 bits per heavy atom. The van der Waals surface area contributed by atoms with Crippen molar-refractivity contribution in [1.29, 1.82) is 0 Å². The number of nitrogens with one attached hydrogen (secondary N) is 1. The number of rotatable bonds is 9. The van der Waals surface area contributed by atoms with E-state index < -0.39 is 54.1 Å². The van der Waals surface area contributed by atoms with E-state index in [0.29, 0.717) is 30.2 Å². The van der Waals surface area contributed by atoms with Gasteiger partial charge in [-0.1, -0.05) is 45.0 Å². The third-order valence-electron chi connectivity index (χ3n) is 7.60. The molecule has 40 heavy (non-hydrogen) atoms. The van der Waals surface area contributed by atoms with Crippen LogP contribution in [0.4, 0.5) is 8.78 Å². The van der Waals surface area contributed by atoms with Gasteiger partial charge in [-0.05, 0) is 36.8 Å². The van der Waals surface area contributed by atoms with Crippen LogP contribution in [0.3, 0.4) is 0 Å². The molecule has 3 heterocycles. The maximum atomic E-state index is 14.1. The van der Waals surface area contributed by atoms with Gasteiger partial charge in [0.05, 0.1) is 18.8 Å². The van der Waals surface area contributed by atoms with Crippen LogP contribution in [0.2, 0.25) is 0 Å². The average Bonchev–Trinajstić information content (AvgIpc) is 3.28. The van der Waals surface area contributed by atoms with E-state index in [1.54, 1.807) is 36.4 Å². The summed E-state index contributed by atoms with van der Waals surface area (Å²) in [5.41, 5.74) is 0.343. The monoisotopic (exact) mass is 561 g/mol. The molecule has 1 amide bonds. The van der Waals surface area contributed by atoms with Crippen molar-refractivity contribution in [3.05, 3.63) is 53.7 Å². The van der Waals surface area contributed by atoms with Crippen molar-refractivity contribution >= 4 is 11.9 Å². The number of para-hydroxylation sites is 1. The van der Waals surface area contributed by atoms with Crippen LogP contribution >= 0.6 is 0 Å². The second-order valence-electron chi connectivity index (χ2n) is 11.2. The molecule has 2 fully saturated rings. The Hall–Kier alpha value is -3.31. The number of pyridine rings is 1. The van der Waals surface area contributed by atoms with Crippen molar-refractivity contribution in [2.75, 3.05) is 13.7 Å². The van der Waals surface area contributed by atoms with Gasteiger partial charge in [-0.3, -0.25) is 4.79 Å². The number of hydrogen-bond donors (Lipinski definition) is 2. The van der Waals surface area contributed by atoms with E-state index >= 15 is 0 Å². The zero-order chi connectivity index (χ0) is 29.0. The first-order valence-corrected chi connectivity index (χ1v) is 13.5. The molecule has 2 saturated heterocycles. The van der Waals surface area contributed by atoms with E-state index in [9.17, 15) is 23.5 Å². The molecule has 0 radical (unpaired) electrons. The minimum Gasteiger partial charge on any atom is -0.481 e. The number of aliphatic carboxylic acids is 1. The summed E-state index contributed by atoms with van der Waals surface area (Å²) in [7, 11) is 1.48. The van der Waals surface area contributed by atoms with Crippen molar-refractivity contribution < 1.29 is 37.7 Å². The van der Waals surface area contributed by atoms with Gasteiger partial charge >= 0.3 is 12.6 Å². The molecule has 0 saturated carbocycles. The van der Waals surface area contributed by atoms with Crippen LogP contribution < -0.4 is 14.8 Å². The van der Waals surface area contributed by atoms with Crippen LogP contribution in [-0.2, 0) is 20.9 Å². The highest BCUT2D eigenvalue weighted by Gasteiger charge is 2.59. The number of amides is 1. The van der Waals surface area contributed by atoms with Gasteiger partial charge in [-0.25, -0.2) is 9.78 Å². The lowest BCUT2D eigenvalue weighted by molar-refractivity contribution is -0.159. The van der Waals surface area contributed by atoms with Crippen molar-refractivity contribution in [3.8, 4) is 11.6 Å². The zero-order valence-electron chi connectivity index (χ0n) is 23.2. The SMILES string of the molecule is COc1cccc([C@@H]2[C@H](NCc3ccccc3OC(F)F)[C@@H](C(C)(C)C)[C@H](C(=O)O)N2C(=O)C2CCCCO2)n1. The number of carbonyl (C=O) groups is 2. The van der Waals surface area contributed by atoms with Gasteiger partial charge in [0, 0.05) is 36.7 Å². The fourth-order valence-electron chi connectivity index (χ4n) is 5.94. The van der Waals surface area contributed by atoms with Gasteiger partial charge in [-0.15, -0.1) is 0 Å². The Morgan fingerprint density at radius 1 is 1.18 bits per heavy atom. The smallest absolute Gasteiger partial charge is 0.387 e. The maximum Gasteiger partial charge on any atom is 0.387 e. The highest BCUT2D eigenvalue weighted by atomic mass is 19.3. The molecule has 11 heteroatoms. The number of halogens is 2. The number of likely N-dealkylation sites (tertiary alicyclic amines) is 1. The van der Waals surface area contributed by atoms with Crippen LogP contribution in [0.1, 0.15) is 57.3 Å². The van der Waals surface area contributed by atoms with Gasteiger partial charge in [0.25, 0.3) is 5.91 Å². The molecule has 5 atom stereocenters. The molecule has 0 aliphatic carbocycles. The van der Waals surface area contributed by atoms with E-state index in [1.807, 2.05) is 20.8 Å². The summed E-state index contributed by atoms with van der Waals surface area (Å²) in [6, 6.07) is 8.96. The molecule has 2 aliphatic heterocycles. The molecule has 0 bridgehead atoms. The largest absolute Gasteiger partial charge is 0.481 e. The standard InChI is InChI=1S/C29H37F2N3O6/c1-29(2,3)22-23(32-16-17-10-5-6-12-19(17)40-28(30)31)24(18-11-9-14-21(33-18)38-4)34(25(22)27(36)37)26(35)20-13-7-8-15-39-20/h5-6,9-12,14,20,22-25,28,32H,7-8,13,15-16H2,1-4H3,(H,36,37)/t20?,22-,23-,24-,25-/m1/s1. The van der Waals surface area contributed by atoms with Crippen molar-refractivity contribution in [3.63, 3.8) is 0 Å². The van der Waals surface area contributed by atoms with Crippen molar-refractivity contribution in [2.45, 2.75) is 77.4 Å². The first-order chi connectivity index (χ1) is 19.0. The Labute approximate surface area is 232 Å². The molecule has 1 aromatic carbocycles. The van der Waals surface area contributed by atoms with Crippen LogP contribution in [0.25, 0.3) is 0 Å². The summed E-state index contributed by atoms with van der Waals surface area (Å²) in [4.78, 5) is 33.0. The Bertz CT molecular complexity index is 1180. The number of aromatic nitrogens is 1. The Balaban J connectivity index is 1.82. The van der Waals surface area contributed by atoms with Crippen LogP contribution in [-0.4, -0.2) is 65.4 Å². The molecule has 2 aliphatic rings. The maximum absolute atomic E-state index is 14.1. The van der Waals surface area contributed by atoms with E-state index in [2.05, 4.69) is 10.3 Å². The Morgan fingerprint density at radius 3 is 2.55 bits per heavy atom. The first-order valence-electron chi connectivity index (χ1n) is 13.5. The lowest BCUT2D eigenvalue weighted by Crippen LogP contribution is -2.51. The normalized spacial score (nSPS) is 25.2. The van der Waals surface area contributed by atoms with Gasteiger partial charge in [0.1, 0.15) is 17.9 Å². The van der Waals surface area contributed by atoms with Gasteiger partial charge in [-0.2, -0.15) is 8.78 Å². The number of nitrogens with zero attached hydrogens (tertiary/aromatic N) is 2. The number of alkyl halides is 2. The quantitative estimate of drug-likeness (QED) is 0.463. The molecule has 1 unspecified atom stereocenters. The molecule has 218 valence electrons. The molecular formula is C29H37F2N3O6. The fourth-order valence-corrected chi connectivity index (χ4v) is 5.94. The number of carbonyl (C=O) groups excluding carboxylic acids is 1. The van der Waals surface area contributed by atoms with Crippen LogP contribution in [0.5, 0.6) is 11.6 Å². The molecular weight excluding hydrogens is 524 g/mol. The lowest BCUT2D eigenvalue weighted by atomic mass is 9.72. The third kappa shape index (κ3) is 6.36. The van der Waals surface area contributed by atoms with E-state index in [0.717, 1.165) is 12.8 Å². The summed E-state index contributed by atoms with van der Waals surface area (Å²) in [6.07, 6.45) is 1.37. The summed E-state index contributed by atoms with van der Waals surface area (Å²) in [5, 5.41) is 14.0. The summed E-state index contributed by atoms with van der Waals surface area (Å²) < 4.78 is 42.1. The Kier molecular flexibility index (Phi) is 9.25. The number of carboxylic acid groups (broad SMARTS) is 1. The minimum atomic E-state index is -3.00. The van der Waals surface area contributed by atoms with Gasteiger partial charge in [0.2, 0.25) is 5.88 Å². The van der Waals surface area contributed by atoms with Crippen LogP contribution in [0, 0.1) is 11.3 Å². The second-order valence-corrected chi connectivity index (χ2v) is 11.2. The highest BCUT2D eigenvalue weighted by Crippen LogP contribution is 2.48. The number of hydrogen-bond acceptors (Lipinski definition) is 7. The third-order valence-corrected chi connectivity index (χ3v) is 7.60. The first kappa shape index (κ1) is 29.7. The minimum absolute atomic E-state index is 0.0182. The lowest BCUT2D eigenvalue weighted by Gasteiger charge is -2.36. The van der Waals surface area contributed by atoms with Gasteiger partial charge < -0.3 is 29.5 Å². The molecule has 0 spiro atoms. The van der Waals surface area contributed by atoms with E-state index in [4.69, 9.17) is 14.2 Å². The summed E-state index contributed by atoms with van der Waals surface area (Å²) in [6.45, 7) is 3.31. The zero-order valence-corrected chi connectivity index (χ0v) is 23.2. The summed E-state index contributed by atoms with van der Waals surface area (Å²) in [5.74, 6) is -1.79. The molecule has 4 rings (SSSR count). The molecule has 1 aromatic heterocycles. The average molecular weight is 562 g/mol. The topological polar surface area (TPSA) is 110 Å². The fraction of sp³-hybridized carbons (Fsp3) is 0.552. The van der Waals surface area contributed by atoms with Crippen LogP contribution in [0.15, 0.2) is 42.5 Å². The number of benzene rings is 1. The predicted molar refractivity (Wildman–Crippen MR) is 142 cm³/mol. The van der Waals surface area contributed by atoms with E-state index in [1.165, 1.54) is 18.1 Å². The van der Waals surface area contributed by atoms with Gasteiger partial charge in [0.15, 0.2) is 0 Å². The summed E-state index contributed by atoms with van der Waals surface area (Å²) >= 11 is 0. The number of carboxylic acids is 1. The van der Waals surface area contributed by atoms with E-state index in [-0.39, 0.29) is 12.3 Å². The molecule has 2 N–H and O–H groups in total. The predicted octanol–water partition coefficient (Wildman–Crippen LogP) is 4.42. The number of ether oxygens (including phenoxy) is 3. The number of methoxy groups -OCH3 is 1. The molecule has 2 aromatic rings. The van der Waals surface area contributed by atoms with Crippen molar-refractivity contribution in [1.82, 2.24) is 15.2 Å². The highest BCUT2D eigenvalue weighted by molar-refractivity contribution is 5.88.